The summed E-state index contributed by atoms with van der Waals surface area (Å²) in [6, 6.07) is 23.8. The Kier molecular flexibility index (Phi) is 7.71. The van der Waals surface area contributed by atoms with E-state index in [1.54, 1.807) is 48.5 Å². The third kappa shape index (κ3) is 6.84. The summed E-state index contributed by atoms with van der Waals surface area (Å²) in [5.41, 5.74) is 3.05. The van der Waals surface area contributed by atoms with Crippen molar-refractivity contribution in [3.8, 4) is 0 Å². The first kappa shape index (κ1) is 22.8. The monoisotopic (exact) mass is 456 g/mol. The Balaban J connectivity index is 1.58. The number of carbonyl (C=O) groups excluding carboxylic acids is 1. The highest BCUT2D eigenvalue weighted by Crippen LogP contribution is 2.24. The summed E-state index contributed by atoms with van der Waals surface area (Å²) in [7, 11) is -3.50. The van der Waals surface area contributed by atoms with Gasteiger partial charge in [0.2, 0.25) is 10.0 Å². The van der Waals surface area contributed by atoms with E-state index in [-0.39, 0.29) is 12.5 Å². The van der Waals surface area contributed by atoms with E-state index in [0.717, 1.165) is 24.7 Å². The molecule has 0 saturated heterocycles. The third-order valence-corrected chi connectivity index (χ3v) is 6.19. The van der Waals surface area contributed by atoms with Crippen molar-refractivity contribution in [3.05, 3.63) is 101 Å². The Hall–Kier alpha value is -2.83. The average Bonchev–Trinajstić information content (AvgIpc) is 2.75. The van der Waals surface area contributed by atoms with E-state index in [1.165, 1.54) is 9.87 Å². The Morgan fingerprint density at radius 2 is 1.65 bits per heavy atom. The van der Waals surface area contributed by atoms with E-state index in [2.05, 4.69) is 17.4 Å². The van der Waals surface area contributed by atoms with Crippen LogP contribution in [-0.2, 0) is 23.0 Å². The van der Waals surface area contributed by atoms with E-state index in [1.807, 2.05) is 18.2 Å². The van der Waals surface area contributed by atoms with Crippen molar-refractivity contribution in [2.24, 2.45) is 0 Å². The molecular weight excluding hydrogens is 432 g/mol. The smallest absolute Gasteiger partial charge is 0.251 e. The van der Waals surface area contributed by atoms with Gasteiger partial charge >= 0.3 is 0 Å². The van der Waals surface area contributed by atoms with Crippen molar-refractivity contribution in [1.29, 1.82) is 0 Å². The number of nitrogens with zero attached hydrogens (tertiary/aromatic N) is 1. The minimum Gasteiger partial charge on any atom is -0.352 e. The fourth-order valence-electron chi connectivity index (χ4n) is 3.20. The third-order valence-electron chi connectivity index (χ3n) is 4.81. The molecule has 3 rings (SSSR count). The molecule has 0 spiro atoms. The van der Waals surface area contributed by atoms with Gasteiger partial charge in [0.25, 0.3) is 5.91 Å². The number of carbonyl (C=O) groups is 1. The zero-order valence-electron chi connectivity index (χ0n) is 17.3. The lowest BCUT2D eigenvalue weighted by Crippen LogP contribution is -2.29. The minimum atomic E-state index is -3.50. The largest absolute Gasteiger partial charge is 0.352 e. The lowest BCUT2D eigenvalue weighted by molar-refractivity contribution is 0.0953. The number of nitrogens with one attached hydrogen (secondary N) is 1. The summed E-state index contributed by atoms with van der Waals surface area (Å²) < 4.78 is 25.9. The molecule has 31 heavy (non-hydrogen) atoms. The van der Waals surface area contributed by atoms with E-state index in [9.17, 15) is 13.2 Å². The van der Waals surface area contributed by atoms with Crippen molar-refractivity contribution < 1.29 is 13.2 Å². The summed E-state index contributed by atoms with van der Waals surface area (Å²) in [5, 5.41) is 3.39. The number of sulfonamides is 1. The molecule has 0 fully saturated rings. The number of hydrogen-bond donors (Lipinski definition) is 1. The molecule has 0 atom stereocenters. The van der Waals surface area contributed by atoms with E-state index in [0.29, 0.717) is 22.8 Å². The highest BCUT2D eigenvalue weighted by molar-refractivity contribution is 7.92. The van der Waals surface area contributed by atoms with Crippen LogP contribution in [0.25, 0.3) is 0 Å². The molecule has 0 aromatic heterocycles. The summed E-state index contributed by atoms with van der Waals surface area (Å²) in [6.07, 6.45) is 2.92. The molecule has 3 aromatic rings. The fraction of sp³-hybridized carbons (Fsp3) is 0.208. The molecule has 0 aliphatic heterocycles. The molecule has 0 heterocycles. The molecule has 0 bridgehead atoms. The fourth-order valence-corrected chi connectivity index (χ4v) is 4.26. The van der Waals surface area contributed by atoms with Gasteiger partial charge in [-0.3, -0.25) is 9.10 Å². The maximum Gasteiger partial charge on any atom is 0.251 e. The van der Waals surface area contributed by atoms with Crippen molar-refractivity contribution in [3.63, 3.8) is 0 Å². The van der Waals surface area contributed by atoms with Gasteiger partial charge in [-0.15, -0.1) is 0 Å². The Morgan fingerprint density at radius 1 is 0.935 bits per heavy atom. The van der Waals surface area contributed by atoms with Crippen molar-refractivity contribution >= 4 is 33.2 Å². The van der Waals surface area contributed by atoms with Gasteiger partial charge in [0.15, 0.2) is 0 Å². The minimum absolute atomic E-state index is 0.144. The average molecular weight is 457 g/mol. The predicted molar refractivity (Wildman–Crippen MR) is 126 cm³/mol. The van der Waals surface area contributed by atoms with Crippen molar-refractivity contribution in [2.75, 3.05) is 17.1 Å². The highest BCUT2D eigenvalue weighted by Gasteiger charge is 2.18. The molecule has 0 aliphatic rings. The molecule has 0 aliphatic carbocycles. The normalized spacial score (nSPS) is 11.2. The molecule has 5 nitrogen and oxygen atoms in total. The zero-order chi connectivity index (χ0) is 22.3. The maximum atomic E-state index is 12.4. The number of halogens is 1. The first-order valence-corrected chi connectivity index (χ1v) is 12.2. The van der Waals surface area contributed by atoms with Crippen LogP contribution in [0.1, 0.15) is 27.9 Å². The predicted octanol–water partition coefficient (Wildman–Crippen LogP) is 4.67. The van der Waals surface area contributed by atoms with Crippen LogP contribution < -0.4 is 9.62 Å². The second kappa shape index (κ2) is 10.5. The summed E-state index contributed by atoms with van der Waals surface area (Å²) in [6.45, 7) is 0.740. The van der Waals surface area contributed by atoms with Crippen LogP contribution in [0.5, 0.6) is 0 Å². The first-order valence-electron chi connectivity index (χ1n) is 9.97. The van der Waals surface area contributed by atoms with Gasteiger partial charge in [-0.05, 0) is 54.3 Å². The molecule has 162 valence electrons. The number of aryl methyl sites for hydroxylation is 1. The van der Waals surface area contributed by atoms with Gasteiger partial charge in [-0.25, -0.2) is 8.42 Å². The number of anilines is 1. The second-order valence-electron chi connectivity index (χ2n) is 7.29. The van der Waals surface area contributed by atoms with E-state index >= 15 is 0 Å². The number of rotatable bonds is 9. The van der Waals surface area contributed by atoms with Crippen molar-refractivity contribution in [2.45, 2.75) is 19.4 Å². The number of hydrogen-bond acceptors (Lipinski definition) is 3. The molecule has 7 heteroatoms. The van der Waals surface area contributed by atoms with Crippen LogP contribution in [0.4, 0.5) is 5.69 Å². The van der Waals surface area contributed by atoms with E-state index in [4.69, 9.17) is 11.6 Å². The van der Waals surface area contributed by atoms with Gasteiger partial charge in [0.05, 0.1) is 18.5 Å². The summed E-state index contributed by atoms with van der Waals surface area (Å²) in [5.74, 6) is -0.144. The first-order chi connectivity index (χ1) is 14.8. The van der Waals surface area contributed by atoms with Crippen LogP contribution in [-0.4, -0.2) is 27.1 Å². The van der Waals surface area contributed by atoms with Gasteiger partial charge in [0, 0.05) is 17.1 Å². The Labute approximate surface area is 188 Å². The second-order valence-corrected chi connectivity index (χ2v) is 9.63. The lowest BCUT2D eigenvalue weighted by Gasteiger charge is -2.22. The Bertz CT molecular complexity index is 1120. The Morgan fingerprint density at radius 3 is 2.29 bits per heavy atom. The maximum absolute atomic E-state index is 12.4. The molecule has 1 N–H and O–H groups in total. The van der Waals surface area contributed by atoms with Crippen LogP contribution in [0, 0.1) is 0 Å². The topological polar surface area (TPSA) is 66.5 Å². The highest BCUT2D eigenvalue weighted by atomic mass is 35.5. The SMILES string of the molecule is CS(=O)(=O)N(Cc1ccc(C(=O)NCCCc2ccccc2)cc1)c1cccc(Cl)c1. The number of benzene rings is 3. The van der Waals surface area contributed by atoms with Crippen LogP contribution >= 0.6 is 11.6 Å². The van der Waals surface area contributed by atoms with Crippen LogP contribution in [0.15, 0.2) is 78.9 Å². The molecule has 1 amide bonds. The van der Waals surface area contributed by atoms with Crippen LogP contribution in [0.3, 0.4) is 0 Å². The quantitative estimate of drug-likeness (QED) is 0.476. The van der Waals surface area contributed by atoms with Crippen molar-refractivity contribution in [1.82, 2.24) is 5.32 Å². The summed E-state index contributed by atoms with van der Waals surface area (Å²) in [4.78, 5) is 12.4. The zero-order valence-corrected chi connectivity index (χ0v) is 18.9. The summed E-state index contributed by atoms with van der Waals surface area (Å²) >= 11 is 6.02. The lowest BCUT2D eigenvalue weighted by atomic mass is 10.1. The molecule has 3 aromatic carbocycles. The molecule has 0 radical (unpaired) electrons. The van der Waals surface area contributed by atoms with Crippen LogP contribution in [0.2, 0.25) is 5.02 Å². The molecule has 0 saturated carbocycles. The number of amides is 1. The standard InChI is InChI=1S/C24H25ClN2O3S/c1-31(29,30)27(23-11-5-10-22(25)17-23)18-20-12-14-21(15-13-20)24(28)26-16-6-9-19-7-3-2-4-8-19/h2-5,7-8,10-15,17H,6,9,16,18H2,1H3,(H,26,28). The van der Waals surface area contributed by atoms with Gasteiger partial charge in [-0.1, -0.05) is 60.1 Å². The van der Waals surface area contributed by atoms with Gasteiger partial charge < -0.3 is 5.32 Å². The molecule has 0 unspecified atom stereocenters. The van der Waals surface area contributed by atoms with E-state index < -0.39 is 10.0 Å². The van der Waals surface area contributed by atoms with Gasteiger partial charge in [0.1, 0.15) is 0 Å². The molecular formula is C24H25ClN2O3S. The van der Waals surface area contributed by atoms with Gasteiger partial charge in [-0.2, -0.15) is 0 Å².